The summed E-state index contributed by atoms with van der Waals surface area (Å²) in [5.41, 5.74) is 0. The molecule has 0 spiro atoms. The van der Waals surface area contributed by atoms with Crippen molar-refractivity contribution in [3.05, 3.63) is 0 Å². The Morgan fingerprint density at radius 3 is 0.958 bits per heavy atom. The Bertz CT molecular complexity index is 452. The molecule has 10 nitrogen and oxygen atoms in total. The third-order valence-electron chi connectivity index (χ3n) is 3.43. The molecule has 0 atom stereocenters. The highest BCUT2D eigenvalue weighted by atomic mass is 16.9. The zero-order chi connectivity index (χ0) is 17.8. The van der Waals surface area contributed by atoms with Gasteiger partial charge in [-0.25, -0.2) is 0 Å². The van der Waals surface area contributed by atoms with Crippen molar-refractivity contribution in [2.75, 3.05) is 0 Å². The lowest BCUT2D eigenvalue weighted by molar-refractivity contribution is -0.503. The Morgan fingerprint density at radius 2 is 0.750 bits per heavy atom. The summed E-state index contributed by atoms with van der Waals surface area (Å²) in [6.07, 6.45) is 0.385. The fourth-order valence-electron chi connectivity index (χ4n) is 2.20. The summed E-state index contributed by atoms with van der Waals surface area (Å²) >= 11 is 0. The molecule has 10 heteroatoms. The highest BCUT2D eigenvalue weighted by molar-refractivity contribution is 5.75. The molecule has 0 aromatic rings. The first-order valence-electron chi connectivity index (χ1n) is 7.56. The summed E-state index contributed by atoms with van der Waals surface area (Å²) in [4.78, 5) is 46.9. The number of hydrogen-bond donors (Lipinski definition) is 2. The Labute approximate surface area is 136 Å². The second kappa shape index (κ2) is 7.14. The van der Waals surface area contributed by atoms with Gasteiger partial charge in [0, 0.05) is 25.7 Å². The molecule has 0 bridgehead atoms. The minimum Gasteiger partial charge on any atom is -0.390 e. The summed E-state index contributed by atoms with van der Waals surface area (Å²) in [5, 5.41) is 20.8. The first-order valence-corrected chi connectivity index (χ1v) is 7.56. The van der Waals surface area contributed by atoms with Crippen molar-refractivity contribution in [2.24, 2.45) is 0 Å². The van der Waals surface area contributed by atoms with Crippen molar-refractivity contribution < 1.29 is 48.3 Å². The highest BCUT2D eigenvalue weighted by Gasteiger charge is 2.66. The van der Waals surface area contributed by atoms with Gasteiger partial charge in [-0.1, -0.05) is 0 Å². The Hall–Kier alpha value is -2.20. The summed E-state index contributed by atoms with van der Waals surface area (Å²) < 4.78 is 18.3. The van der Waals surface area contributed by atoms with Crippen molar-refractivity contribution in [2.45, 2.75) is 63.3 Å². The van der Waals surface area contributed by atoms with Crippen LogP contribution in [0.1, 0.15) is 51.4 Å². The van der Waals surface area contributed by atoms with Gasteiger partial charge in [-0.3, -0.25) is 19.2 Å². The van der Waals surface area contributed by atoms with Gasteiger partial charge in [0.2, 0.25) is 0 Å². The molecule has 24 heavy (non-hydrogen) atoms. The average Bonchev–Trinajstić information content (AvgIpc) is 2.57. The maximum atomic E-state index is 11.7. The molecule has 2 N–H and O–H groups in total. The molecule has 0 saturated carbocycles. The second-order valence-corrected chi connectivity index (χ2v) is 5.47. The first-order chi connectivity index (χ1) is 11.2. The van der Waals surface area contributed by atoms with E-state index in [1.807, 2.05) is 0 Å². The lowest BCUT2D eigenvalue weighted by Gasteiger charge is -2.36. The Balaban J connectivity index is 2.37. The van der Waals surface area contributed by atoms with Gasteiger partial charge in [-0.15, -0.1) is 0 Å². The summed E-state index contributed by atoms with van der Waals surface area (Å²) in [6.45, 7) is 0. The molecule has 0 amide bonds. The van der Waals surface area contributed by atoms with Crippen molar-refractivity contribution in [1.82, 2.24) is 0 Å². The molecule has 0 unspecified atom stereocenters. The maximum Gasteiger partial charge on any atom is 0.488 e. The maximum absolute atomic E-state index is 11.7. The molecular formula is C14H18O10. The van der Waals surface area contributed by atoms with Crippen LogP contribution in [0.15, 0.2) is 0 Å². The lowest BCUT2D eigenvalue weighted by Crippen LogP contribution is -2.63. The number of carbonyl (C=O) groups excluding carboxylic acids is 4. The van der Waals surface area contributed by atoms with Gasteiger partial charge in [0.25, 0.3) is 0 Å². The van der Waals surface area contributed by atoms with E-state index in [1.54, 1.807) is 0 Å². The van der Waals surface area contributed by atoms with Gasteiger partial charge in [0.05, 0.1) is 0 Å². The zero-order valence-electron chi connectivity index (χ0n) is 12.8. The van der Waals surface area contributed by atoms with Crippen molar-refractivity contribution >= 4 is 23.9 Å². The molecule has 2 saturated heterocycles. The van der Waals surface area contributed by atoms with E-state index in [9.17, 15) is 29.4 Å². The predicted octanol–water partition coefficient (Wildman–Crippen LogP) is -0.401. The third kappa shape index (κ3) is 4.20. The summed E-state index contributed by atoms with van der Waals surface area (Å²) in [5.74, 6) is -11.1. The fraction of sp³-hybridized carbons (Fsp3) is 0.714. The highest BCUT2D eigenvalue weighted by Crippen LogP contribution is 2.33. The molecule has 2 aliphatic heterocycles. The van der Waals surface area contributed by atoms with Crippen molar-refractivity contribution in [3.8, 4) is 0 Å². The molecular weight excluding hydrogens is 328 g/mol. The minimum atomic E-state index is -3.50. The van der Waals surface area contributed by atoms with Crippen LogP contribution in [0.4, 0.5) is 0 Å². The molecule has 0 radical (unpaired) electrons. The van der Waals surface area contributed by atoms with E-state index in [0.717, 1.165) is 0 Å². The minimum absolute atomic E-state index is 0.184. The standard InChI is InChI=1S/C14H18O10/c15-9-5-1-2-6-10(16)22-13(19,21-9)14(20)23-11(17)7-3-4-8-12(18)24-14/h19-20H,1-8H2. The van der Waals surface area contributed by atoms with Crippen LogP contribution in [0, 0.1) is 0 Å². The second-order valence-electron chi connectivity index (χ2n) is 5.47. The molecule has 2 aliphatic rings. The van der Waals surface area contributed by atoms with E-state index in [4.69, 9.17) is 0 Å². The molecule has 2 fully saturated rings. The first kappa shape index (κ1) is 18.1. The van der Waals surface area contributed by atoms with Crippen molar-refractivity contribution in [3.63, 3.8) is 0 Å². The number of carbonyl (C=O) groups is 4. The van der Waals surface area contributed by atoms with E-state index < -0.39 is 35.8 Å². The van der Waals surface area contributed by atoms with Gasteiger partial charge in [0.15, 0.2) is 0 Å². The number of ether oxygens (including phenoxy) is 4. The van der Waals surface area contributed by atoms with E-state index >= 15 is 0 Å². The number of aliphatic hydroxyl groups is 2. The van der Waals surface area contributed by atoms with Crippen LogP contribution >= 0.6 is 0 Å². The van der Waals surface area contributed by atoms with Gasteiger partial charge in [0.1, 0.15) is 0 Å². The van der Waals surface area contributed by atoms with E-state index in [1.165, 1.54) is 0 Å². The largest absolute Gasteiger partial charge is 0.488 e. The molecule has 0 aromatic carbocycles. The van der Waals surface area contributed by atoms with Crippen LogP contribution < -0.4 is 0 Å². The van der Waals surface area contributed by atoms with Crippen LogP contribution in [0.3, 0.4) is 0 Å². The van der Waals surface area contributed by atoms with Gasteiger partial charge in [-0.05, 0) is 25.7 Å². The monoisotopic (exact) mass is 346 g/mol. The van der Waals surface area contributed by atoms with Crippen LogP contribution in [0.25, 0.3) is 0 Å². The molecule has 2 heterocycles. The van der Waals surface area contributed by atoms with E-state index in [-0.39, 0.29) is 51.4 Å². The van der Waals surface area contributed by atoms with Gasteiger partial charge < -0.3 is 29.2 Å². The normalized spacial score (nSPS) is 25.2. The Kier molecular flexibility index (Phi) is 5.40. The number of esters is 4. The number of rotatable bonds is 1. The smallest absolute Gasteiger partial charge is 0.390 e. The fourth-order valence-corrected chi connectivity index (χ4v) is 2.20. The quantitative estimate of drug-likeness (QED) is 0.601. The van der Waals surface area contributed by atoms with E-state index in [2.05, 4.69) is 18.9 Å². The summed E-state index contributed by atoms with van der Waals surface area (Å²) in [6, 6.07) is 0. The number of cyclic esters (lactones) is 4. The zero-order valence-corrected chi connectivity index (χ0v) is 12.8. The average molecular weight is 346 g/mol. The lowest BCUT2D eigenvalue weighted by atomic mass is 10.2. The topological polar surface area (TPSA) is 146 Å². The van der Waals surface area contributed by atoms with Crippen LogP contribution in [-0.2, 0) is 38.1 Å². The summed E-state index contributed by atoms with van der Waals surface area (Å²) in [7, 11) is 0. The predicted molar refractivity (Wildman–Crippen MR) is 71.2 cm³/mol. The van der Waals surface area contributed by atoms with Gasteiger partial charge in [-0.2, -0.15) is 0 Å². The molecule has 2 rings (SSSR count). The van der Waals surface area contributed by atoms with E-state index in [0.29, 0.717) is 0 Å². The van der Waals surface area contributed by atoms with Crippen LogP contribution in [0.2, 0.25) is 0 Å². The van der Waals surface area contributed by atoms with Gasteiger partial charge >= 0.3 is 35.8 Å². The molecule has 0 aliphatic carbocycles. The third-order valence-corrected chi connectivity index (χ3v) is 3.43. The SMILES string of the molecule is O=C1CCCCC(=O)OC(O)(C2(O)OC(=O)CCCCC(=O)O2)O1. The van der Waals surface area contributed by atoms with Crippen LogP contribution in [-0.4, -0.2) is 46.0 Å². The Morgan fingerprint density at radius 1 is 0.542 bits per heavy atom. The molecule has 134 valence electrons. The van der Waals surface area contributed by atoms with Crippen molar-refractivity contribution in [1.29, 1.82) is 0 Å². The molecule has 0 aromatic heterocycles. The van der Waals surface area contributed by atoms with Crippen LogP contribution in [0.5, 0.6) is 0 Å². The number of hydrogen-bond acceptors (Lipinski definition) is 10.